The minimum Gasteiger partial charge on any atom is -0.493 e. The number of benzene rings is 1. The lowest BCUT2D eigenvalue weighted by Crippen LogP contribution is -2.11. The minimum atomic E-state index is 0.00988. The van der Waals surface area contributed by atoms with Gasteiger partial charge in [-0.15, -0.1) is 0 Å². The van der Waals surface area contributed by atoms with Crippen LogP contribution >= 0.6 is 0 Å². The third kappa shape index (κ3) is 4.28. The maximum Gasteiger partial charge on any atom is 0.224 e. The maximum absolute atomic E-state index is 11.6. The highest BCUT2D eigenvalue weighted by molar-refractivity contribution is 5.91. The van der Waals surface area contributed by atoms with Crippen LogP contribution in [-0.2, 0) is 4.79 Å². The normalized spacial score (nSPS) is 9.94. The van der Waals surface area contributed by atoms with Crippen molar-refractivity contribution in [2.24, 2.45) is 0 Å². The first kappa shape index (κ1) is 14.4. The number of carbonyl (C=O) groups excluding carboxylic acids is 1. The number of ether oxygens (including phenoxy) is 2. The van der Waals surface area contributed by atoms with E-state index in [0.717, 1.165) is 19.3 Å². The molecular formula is C14H20NO3. The van der Waals surface area contributed by atoms with Gasteiger partial charge in [0.25, 0.3) is 0 Å². The van der Waals surface area contributed by atoms with Gasteiger partial charge in [-0.1, -0.05) is 19.8 Å². The summed E-state index contributed by atoms with van der Waals surface area (Å²) < 4.78 is 10.3. The van der Waals surface area contributed by atoms with Gasteiger partial charge >= 0.3 is 0 Å². The summed E-state index contributed by atoms with van der Waals surface area (Å²) in [5.41, 5.74) is 0.715. The summed E-state index contributed by atoms with van der Waals surface area (Å²) in [5.74, 6) is 1.26. The van der Waals surface area contributed by atoms with E-state index < -0.39 is 0 Å². The monoisotopic (exact) mass is 250 g/mol. The first-order chi connectivity index (χ1) is 8.71. The summed E-state index contributed by atoms with van der Waals surface area (Å²) in [6.07, 6.45) is 3.22. The number of unbranched alkanes of at least 4 members (excludes halogenated alkanes) is 2. The van der Waals surface area contributed by atoms with Crippen LogP contribution in [0.2, 0.25) is 0 Å². The quantitative estimate of drug-likeness (QED) is 0.757. The maximum atomic E-state index is 11.6. The Hall–Kier alpha value is -1.71. The molecule has 0 unspecified atom stereocenters. The summed E-state index contributed by atoms with van der Waals surface area (Å²) in [7, 11) is 3.15. The third-order valence-corrected chi connectivity index (χ3v) is 2.57. The minimum absolute atomic E-state index is 0.00988. The molecule has 1 amide bonds. The standard InChI is InChI=1S/C14H20NO3/c1-4-5-6-7-14(16)15-11-8-9-12(17-2)13(10-11)18-3/h8-10H,1,4-7H2,2-3H3,(H,15,16). The molecule has 0 aliphatic rings. The zero-order chi connectivity index (χ0) is 13.4. The number of carbonyl (C=O) groups is 1. The molecule has 99 valence electrons. The second-order valence-corrected chi connectivity index (χ2v) is 3.93. The van der Waals surface area contributed by atoms with E-state index in [1.165, 1.54) is 0 Å². The van der Waals surface area contributed by atoms with Crippen molar-refractivity contribution < 1.29 is 14.3 Å². The summed E-state index contributed by atoms with van der Waals surface area (Å²) in [5, 5.41) is 2.83. The van der Waals surface area contributed by atoms with Gasteiger partial charge in [0, 0.05) is 18.2 Å². The summed E-state index contributed by atoms with van der Waals surface area (Å²) in [4.78, 5) is 11.6. The molecular weight excluding hydrogens is 230 g/mol. The van der Waals surface area contributed by atoms with Gasteiger partial charge in [0.2, 0.25) is 5.91 Å². The zero-order valence-electron chi connectivity index (χ0n) is 11.0. The summed E-state index contributed by atoms with van der Waals surface area (Å²) >= 11 is 0. The fraction of sp³-hybridized carbons (Fsp3) is 0.429. The van der Waals surface area contributed by atoms with Crippen molar-refractivity contribution >= 4 is 11.6 Å². The largest absolute Gasteiger partial charge is 0.493 e. The van der Waals surface area contributed by atoms with Gasteiger partial charge in [0.1, 0.15) is 0 Å². The van der Waals surface area contributed by atoms with E-state index in [2.05, 4.69) is 12.2 Å². The van der Waals surface area contributed by atoms with Crippen molar-refractivity contribution in [1.29, 1.82) is 0 Å². The van der Waals surface area contributed by atoms with Gasteiger partial charge in [-0.05, 0) is 18.6 Å². The van der Waals surface area contributed by atoms with Crippen LogP contribution in [0.4, 0.5) is 5.69 Å². The van der Waals surface area contributed by atoms with Gasteiger partial charge < -0.3 is 14.8 Å². The molecule has 0 bridgehead atoms. The van der Waals surface area contributed by atoms with Crippen LogP contribution in [0.15, 0.2) is 18.2 Å². The molecule has 0 saturated carbocycles. The van der Waals surface area contributed by atoms with E-state index >= 15 is 0 Å². The second-order valence-electron chi connectivity index (χ2n) is 3.93. The Morgan fingerprint density at radius 3 is 2.56 bits per heavy atom. The van der Waals surface area contributed by atoms with Crippen molar-refractivity contribution in [3.05, 3.63) is 25.1 Å². The Labute approximate surface area is 108 Å². The third-order valence-electron chi connectivity index (χ3n) is 2.57. The molecule has 4 heteroatoms. The van der Waals surface area contributed by atoms with Crippen molar-refractivity contribution in [2.75, 3.05) is 19.5 Å². The van der Waals surface area contributed by atoms with Crippen LogP contribution in [0.1, 0.15) is 25.7 Å². The van der Waals surface area contributed by atoms with Gasteiger partial charge in [-0.25, -0.2) is 0 Å². The smallest absolute Gasteiger partial charge is 0.224 e. The number of amides is 1. The van der Waals surface area contributed by atoms with Gasteiger partial charge in [-0.2, -0.15) is 0 Å². The molecule has 0 aromatic heterocycles. The molecule has 18 heavy (non-hydrogen) atoms. The average molecular weight is 250 g/mol. The van der Waals surface area contributed by atoms with Crippen LogP contribution in [-0.4, -0.2) is 20.1 Å². The molecule has 0 fully saturated rings. The van der Waals surface area contributed by atoms with Gasteiger partial charge in [-0.3, -0.25) is 4.79 Å². The average Bonchev–Trinajstić information content (AvgIpc) is 2.39. The molecule has 0 aliphatic carbocycles. The number of methoxy groups -OCH3 is 2. The van der Waals surface area contributed by atoms with Crippen LogP contribution in [0, 0.1) is 6.92 Å². The number of anilines is 1. The fourth-order valence-corrected chi connectivity index (χ4v) is 1.60. The molecule has 0 spiro atoms. The zero-order valence-corrected chi connectivity index (χ0v) is 11.0. The summed E-state index contributed by atoms with van der Waals surface area (Å²) in [6, 6.07) is 5.31. The Bertz CT molecular complexity index is 391. The fourth-order valence-electron chi connectivity index (χ4n) is 1.60. The highest BCUT2D eigenvalue weighted by atomic mass is 16.5. The molecule has 0 atom stereocenters. The number of hydrogen-bond donors (Lipinski definition) is 1. The molecule has 0 heterocycles. The van der Waals surface area contributed by atoms with Crippen molar-refractivity contribution in [3.63, 3.8) is 0 Å². The number of hydrogen-bond acceptors (Lipinski definition) is 3. The van der Waals surface area contributed by atoms with Crippen LogP contribution in [0.5, 0.6) is 11.5 Å². The van der Waals surface area contributed by atoms with Crippen molar-refractivity contribution in [3.8, 4) is 11.5 Å². The van der Waals surface area contributed by atoms with Gasteiger partial charge in [0.15, 0.2) is 11.5 Å². The SMILES string of the molecule is [CH2]CCCCC(=O)Nc1ccc(OC)c(OC)c1. The Morgan fingerprint density at radius 1 is 1.22 bits per heavy atom. The molecule has 1 aromatic carbocycles. The Morgan fingerprint density at radius 2 is 1.94 bits per heavy atom. The van der Waals surface area contributed by atoms with Gasteiger partial charge in [0.05, 0.1) is 14.2 Å². The lowest BCUT2D eigenvalue weighted by atomic mass is 10.2. The van der Waals surface area contributed by atoms with E-state index in [4.69, 9.17) is 9.47 Å². The second kappa shape index (κ2) is 7.58. The van der Waals surface area contributed by atoms with Crippen molar-refractivity contribution in [1.82, 2.24) is 0 Å². The Kier molecular flexibility index (Phi) is 6.05. The van der Waals surface area contributed by atoms with Crippen molar-refractivity contribution in [2.45, 2.75) is 25.7 Å². The molecule has 1 N–H and O–H groups in total. The highest BCUT2D eigenvalue weighted by Gasteiger charge is 2.07. The first-order valence-electron chi connectivity index (χ1n) is 6.02. The lowest BCUT2D eigenvalue weighted by Gasteiger charge is -2.10. The molecule has 1 rings (SSSR count). The predicted octanol–water partition coefficient (Wildman–Crippen LogP) is 3.04. The lowest BCUT2D eigenvalue weighted by molar-refractivity contribution is -0.116. The van der Waals surface area contributed by atoms with Crippen LogP contribution in [0.3, 0.4) is 0 Å². The topological polar surface area (TPSA) is 47.6 Å². The highest BCUT2D eigenvalue weighted by Crippen LogP contribution is 2.29. The van der Waals surface area contributed by atoms with E-state index in [1.54, 1.807) is 32.4 Å². The van der Waals surface area contributed by atoms with Crippen LogP contribution < -0.4 is 14.8 Å². The molecule has 4 nitrogen and oxygen atoms in total. The van der Waals surface area contributed by atoms with E-state index in [1.807, 2.05) is 0 Å². The number of rotatable bonds is 7. The Balaban J connectivity index is 2.59. The molecule has 0 saturated heterocycles. The first-order valence-corrected chi connectivity index (χ1v) is 6.02. The van der Waals surface area contributed by atoms with E-state index in [0.29, 0.717) is 23.6 Å². The molecule has 0 aliphatic heterocycles. The summed E-state index contributed by atoms with van der Waals surface area (Å²) in [6.45, 7) is 3.75. The van der Waals surface area contributed by atoms with Crippen LogP contribution in [0.25, 0.3) is 0 Å². The van der Waals surface area contributed by atoms with E-state index in [-0.39, 0.29) is 5.91 Å². The van der Waals surface area contributed by atoms with E-state index in [9.17, 15) is 4.79 Å². The number of nitrogens with one attached hydrogen (secondary N) is 1. The molecule has 1 aromatic rings. The molecule has 1 radical (unpaired) electrons. The predicted molar refractivity (Wildman–Crippen MR) is 72.0 cm³/mol.